The summed E-state index contributed by atoms with van der Waals surface area (Å²) in [5, 5.41) is 7.39. The van der Waals surface area contributed by atoms with Crippen molar-refractivity contribution in [2.45, 2.75) is 26.2 Å². The number of rotatable bonds is 6. The highest BCUT2D eigenvalue weighted by molar-refractivity contribution is 5.95. The topological polar surface area (TPSA) is 77.1 Å². The number of carbonyl (C=O) groups excluding carboxylic acids is 1. The molecule has 0 aliphatic heterocycles. The lowest BCUT2D eigenvalue weighted by Gasteiger charge is -2.12. The van der Waals surface area contributed by atoms with Crippen LogP contribution in [0.4, 0.5) is 0 Å². The number of nitrogens with zero attached hydrogens (tertiary/aromatic N) is 5. The maximum Gasteiger partial charge on any atom is 0.254 e. The van der Waals surface area contributed by atoms with Crippen molar-refractivity contribution in [1.82, 2.24) is 29.5 Å². The van der Waals surface area contributed by atoms with Gasteiger partial charge in [0.25, 0.3) is 5.91 Å². The standard InChI is InChI=1S/C21H22N6O/c1-15(2)20-17(13-24-27(20)18-7-3-5-10-22-18)21(28)23-11-9-16-14-26-12-6-4-8-19(26)25-16/h3-8,10,12-15H,9,11H2,1-2H3,(H,23,28). The summed E-state index contributed by atoms with van der Waals surface area (Å²) in [4.78, 5) is 21.7. The highest BCUT2D eigenvalue weighted by atomic mass is 16.1. The van der Waals surface area contributed by atoms with Crippen molar-refractivity contribution in [3.05, 3.63) is 78.1 Å². The third-order valence-corrected chi connectivity index (χ3v) is 4.54. The number of amides is 1. The van der Waals surface area contributed by atoms with Gasteiger partial charge in [0.1, 0.15) is 5.65 Å². The first kappa shape index (κ1) is 17.9. The van der Waals surface area contributed by atoms with Gasteiger partial charge in [-0.3, -0.25) is 4.79 Å². The number of aromatic nitrogens is 5. The number of imidazole rings is 1. The largest absolute Gasteiger partial charge is 0.352 e. The highest BCUT2D eigenvalue weighted by Crippen LogP contribution is 2.22. The molecule has 0 saturated heterocycles. The Morgan fingerprint density at radius 3 is 2.79 bits per heavy atom. The van der Waals surface area contributed by atoms with E-state index in [9.17, 15) is 4.79 Å². The molecular formula is C21H22N6O. The molecule has 4 aromatic heterocycles. The van der Waals surface area contributed by atoms with Crippen LogP contribution in [0.25, 0.3) is 11.5 Å². The Hall–Kier alpha value is -3.48. The fraction of sp³-hybridized carbons (Fsp3) is 0.238. The van der Waals surface area contributed by atoms with Gasteiger partial charge in [0.05, 0.1) is 23.1 Å². The fourth-order valence-corrected chi connectivity index (χ4v) is 3.26. The van der Waals surface area contributed by atoms with Crippen LogP contribution in [-0.4, -0.2) is 36.6 Å². The Morgan fingerprint density at radius 2 is 2.04 bits per heavy atom. The lowest BCUT2D eigenvalue weighted by molar-refractivity contribution is 0.0952. The van der Waals surface area contributed by atoms with Crippen LogP contribution in [0.5, 0.6) is 0 Å². The van der Waals surface area contributed by atoms with E-state index >= 15 is 0 Å². The maximum absolute atomic E-state index is 12.8. The van der Waals surface area contributed by atoms with Crippen molar-refractivity contribution in [2.24, 2.45) is 0 Å². The molecule has 7 heteroatoms. The van der Waals surface area contributed by atoms with E-state index in [1.165, 1.54) is 0 Å². The molecule has 0 saturated carbocycles. The lowest BCUT2D eigenvalue weighted by atomic mass is 10.1. The number of carbonyl (C=O) groups is 1. The molecule has 0 fully saturated rings. The molecule has 0 aliphatic carbocycles. The van der Waals surface area contributed by atoms with Crippen LogP contribution in [0.3, 0.4) is 0 Å². The minimum Gasteiger partial charge on any atom is -0.352 e. The molecule has 1 amide bonds. The highest BCUT2D eigenvalue weighted by Gasteiger charge is 2.21. The van der Waals surface area contributed by atoms with E-state index in [0.717, 1.165) is 17.0 Å². The van der Waals surface area contributed by atoms with Crippen LogP contribution in [0.15, 0.2) is 61.2 Å². The average Bonchev–Trinajstić information content (AvgIpc) is 3.32. The third kappa shape index (κ3) is 3.51. The molecule has 4 heterocycles. The van der Waals surface area contributed by atoms with Gasteiger partial charge in [-0.1, -0.05) is 26.0 Å². The molecule has 0 bridgehead atoms. The van der Waals surface area contributed by atoms with E-state index in [1.807, 2.05) is 67.0 Å². The van der Waals surface area contributed by atoms with E-state index in [-0.39, 0.29) is 11.8 Å². The van der Waals surface area contributed by atoms with Crippen molar-refractivity contribution in [2.75, 3.05) is 6.54 Å². The zero-order chi connectivity index (χ0) is 19.5. The second-order valence-corrected chi connectivity index (χ2v) is 6.90. The molecule has 1 N–H and O–H groups in total. The van der Waals surface area contributed by atoms with Gasteiger partial charge in [-0.25, -0.2) is 14.6 Å². The summed E-state index contributed by atoms with van der Waals surface area (Å²) >= 11 is 0. The van der Waals surface area contributed by atoms with Crippen LogP contribution in [0.1, 0.15) is 41.5 Å². The Kier molecular flexibility index (Phi) is 4.89. The van der Waals surface area contributed by atoms with Crippen LogP contribution in [0.2, 0.25) is 0 Å². The SMILES string of the molecule is CC(C)c1c(C(=O)NCCc2cn3ccccc3n2)cnn1-c1ccccn1. The second-order valence-electron chi connectivity index (χ2n) is 6.90. The molecular weight excluding hydrogens is 352 g/mol. The Morgan fingerprint density at radius 1 is 1.18 bits per heavy atom. The van der Waals surface area contributed by atoms with Gasteiger partial charge in [-0.2, -0.15) is 5.10 Å². The Balaban J connectivity index is 1.48. The first-order chi connectivity index (χ1) is 13.6. The van der Waals surface area contributed by atoms with E-state index in [0.29, 0.717) is 24.3 Å². The van der Waals surface area contributed by atoms with Gasteiger partial charge in [-0.15, -0.1) is 0 Å². The Labute approximate surface area is 163 Å². The van der Waals surface area contributed by atoms with Crippen LogP contribution in [0, 0.1) is 0 Å². The zero-order valence-electron chi connectivity index (χ0n) is 15.9. The maximum atomic E-state index is 12.8. The molecule has 142 valence electrons. The van der Waals surface area contributed by atoms with Crippen molar-refractivity contribution in [3.63, 3.8) is 0 Å². The fourth-order valence-electron chi connectivity index (χ4n) is 3.26. The monoisotopic (exact) mass is 374 g/mol. The van der Waals surface area contributed by atoms with Crippen LogP contribution < -0.4 is 5.32 Å². The predicted molar refractivity (Wildman–Crippen MR) is 107 cm³/mol. The smallest absolute Gasteiger partial charge is 0.254 e. The summed E-state index contributed by atoms with van der Waals surface area (Å²) in [6.07, 6.45) is 7.95. The predicted octanol–water partition coefficient (Wildman–Crippen LogP) is 3.01. The molecule has 28 heavy (non-hydrogen) atoms. The Bertz CT molecular complexity index is 1060. The number of hydrogen-bond donors (Lipinski definition) is 1. The normalized spacial score (nSPS) is 11.2. The van der Waals surface area contributed by atoms with Gasteiger partial charge < -0.3 is 9.72 Å². The van der Waals surface area contributed by atoms with Gasteiger partial charge >= 0.3 is 0 Å². The number of hydrogen-bond acceptors (Lipinski definition) is 4. The van der Waals surface area contributed by atoms with Crippen molar-refractivity contribution in [3.8, 4) is 5.82 Å². The summed E-state index contributed by atoms with van der Waals surface area (Å²) < 4.78 is 3.71. The van der Waals surface area contributed by atoms with Crippen LogP contribution in [-0.2, 0) is 6.42 Å². The number of fused-ring (bicyclic) bond motifs is 1. The van der Waals surface area contributed by atoms with Gasteiger partial charge in [-0.05, 0) is 30.2 Å². The van der Waals surface area contributed by atoms with E-state index in [4.69, 9.17) is 0 Å². The molecule has 0 spiro atoms. The summed E-state index contributed by atoms with van der Waals surface area (Å²) in [5.74, 6) is 0.702. The molecule has 0 aliphatic rings. The average molecular weight is 374 g/mol. The third-order valence-electron chi connectivity index (χ3n) is 4.54. The quantitative estimate of drug-likeness (QED) is 0.563. The lowest BCUT2D eigenvalue weighted by Crippen LogP contribution is -2.27. The molecule has 4 rings (SSSR count). The van der Waals surface area contributed by atoms with Crippen molar-refractivity contribution in [1.29, 1.82) is 0 Å². The van der Waals surface area contributed by atoms with Crippen molar-refractivity contribution < 1.29 is 4.79 Å². The molecule has 4 aromatic rings. The number of nitrogens with one attached hydrogen (secondary N) is 1. The van der Waals surface area contributed by atoms with Crippen LogP contribution >= 0.6 is 0 Å². The second kappa shape index (κ2) is 7.64. The molecule has 0 aromatic carbocycles. The zero-order valence-corrected chi connectivity index (χ0v) is 15.9. The molecule has 0 radical (unpaired) electrons. The van der Waals surface area contributed by atoms with E-state index < -0.39 is 0 Å². The first-order valence-corrected chi connectivity index (χ1v) is 9.33. The van der Waals surface area contributed by atoms with Gasteiger partial charge in [0.2, 0.25) is 0 Å². The van der Waals surface area contributed by atoms with E-state index in [2.05, 4.69) is 20.4 Å². The summed E-state index contributed by atoms with van der Waals surface area (Å²) in [7, 11) is 0. The molecule has 0 unspecified atom stereocenters. The van der Waals surface area contributed by atoms with Gasteiger partial charge in [0, 0.05) is 31.6 Å². The summed E-state index contributed by atoms with van der Waals surface area (Å²) in [5.41, 5.74) is 3.28. The first-order valence-electron chi connectivity index (χ1n) is 9.33. The van der Waals surface area contributed by atoms with Crippen molar-refractivity contribution >= 4 is 11.6 Å². The minimum atomic E-state index is -0.130. The number of pyridine rings is 2. The summed E-state index contributed by atoms with van der Waals surface area (Å²) in [6, 6.07) is 11.5. The summed E-state index contributed by atoms with van der Waals surface area (Å²) in [6.45, 7) is 4.60. The molecule has 7 nitrogen and oxygen atoms in total. The van der Waals surface area contributed by atoms with Gasteiger partial charge in [0.15, 0.2) is 5.82 Å². The minimum absolute atomic E-state index is 0.128. The van der Waals surface area contributed by atoms with E-state index in [1.54, 1.807) is 17.1 Å². The molecule has 0 atom stereocenters.